The Balaban J connectivity index is 2.12. The molecule has 0 radical (unpaired) electrons. The number of anilines is 1. The van der Waals surface area contributed by atoms with E-state index in [4.69, 9.17) is 15.2 Å². The van der Waals surface area contributed by atoms with Crippen LogP contribution in [0.1, 0.15) is 15.9 Å². The SMILES string of the molecule is COc1cccc(C(N)=O)c1OCC(=O)Nc1cc(F)ccc1C. The molecule has 0 saturated heterocycles. The van der Waals surface area contributed by atoms with Gasteiger partial charge in [-0.05, 0) is 36.8 Å². The van der Waals surface area contributed by atoms with E-state index in [2.05, 4.69) is 5.32 Å². The lowest BCUT2D eigenvalue weighted by Gasteiger charge is -2.14. The molecule has 2 aromatic rings. The standard InChI is InChI=1S/C17H17FN2O4/c1-10-6-7-11(18)8-13(10)20-15(21)9-24-16-12(17(19)22)4-3-5-14(16)23-2/h3-8H,9H2,1-2H3,(H2,19,22)(H,20,21). The van der Waals surface area contributed by atoms with Gasteiger partial charge in [-0.1, -0.05) is 12.1 Å². The number of carbonyl (C=O) groups excluding carboxylic acids is 2. The van der Waals surface area contributed by atoms with Gasteiger partial charge in [-0.3, -0.25) is 9.59 Å². The largest absolute Gasteiger partial charge is 0.493 e. The minimum atomic E-state index is -0.703. The second-order valence-corrected chi connectivity index (χ2v) is 5.00. The Hall–Kier alpha value is -3.09. The van der Waals surface area contributed by atoms with E-state index in [1.165, 1.54) is 25.3 Å². The number of carbonyl (C=O) groups is 2. The van der Waals surface area contributed by atoms with Crippen LogP contribution in [0, 0.1) is 12.7 Å². The number of halogens is 1. The van der Waals surface area contributed by atoms with Crippen molar-refractivity contribution in [1.29, 1.82) is 0 Å². The maximum absolute atomic E-state index is 13.2. The average molecular weight is 332 g/mol. The van der Waals surface area contributed by atoms with E-state index in [-0.39, 0.29) is 17.1 Å². The maximum Gasteiger partial charge on any atom is 0.262 e. The fourth-order valence-corrected chi connectivity index (χ4v) is 2.07. The van der Waals surface area contributed by atoms with E-state index in [1.807, 2.05) is 0 Å². The summed E-state index contributed by atoms with van der Waals surface area (Å²) in [4.78, 5) is 23.5. The molecular formula is C17H17FN2O4. The van der Waals surface area contributed by atoms with Gasteiger partial charge in [0.15, 0.2) is 18.1 Å². The van der Waals surface area contributed by atoms with E-state index >= 15 is 0 Å². The summed E-state index contributed by atoms with van der Waals surface area (Å²) < 4.78 is 23.7. The van der Waals surface area contributed by atoms with E-state index in [1.54, 1.807) is 25.1 Å². The van der Waals surface area contributed by atoms with Gasteiger partial charge in [0.05, 0.1) is 12.7 Å². The van der Waals surface area contributed by atoms with Gasteiger partial charge in [-0.25, -0.2) is 4.39 Å². The van der Waals surface area contributed by atoms with Gasteiger partial charge in [0.25, 0.3) is 11.8 Å². The van der Waals surface area contributed by atoms with Crippen molar-refractivity contribution in [3.05, 3.63) is 53.3 Å². The number of methoxy groups -OCH3 is 1. The highest BCUT2D eigenvalue weighted by Crippen LogP contribution is 2.30. The van der Waals surface area contributed by atoms with Crippen LogP contribution in [-0.4, -0.2) is 25.5 Å². The molecule has 0 fully saturated rings. The van der Waals surface area contributed by atoms with Crippen molar-refractivity contribution in [2.24, 2.45) is 5.73 Å². The van der Waals surface area contributed by atoms with Crippen LogP contribution in [0.2, 0.25) is 0 Å². The highest BCUT2D eigenvalue weighted by atomic mass is 19.1. The van der Waals surface area contributed by atoms with Gasteiger partial charge < -0.3 is 20.5 Å². The quantitative estimate of drug-likeness (QED) is 0.849. The number of benzene rings is 2. The molecule has 0 aromatic heterocycles. The minimum Gasteiger partial charge on any atom is -0.493 e. The van der Waals surface area contributed by atoms with Crippen LogP contribution in [0.3, 0.4) is 0 Å². The summed E-state index contributed by atoms with van der Waals surface area (Å²) in [6.45, 7) is 1.35. The molecule has 126 valence electrons. The van der Waals surface area contributed by atoms with Crippen LogP contribution in [0.15, 0.2) is 36.4 Å². The van der Waals surface area contributed by atoms with E-state index < -0.39 is 24.2 Å². The predicted molar refractivity (Wildman–Crippen MR) is 86.8 cm³/mol. The first kappa shape index (κ1) is 17.3. The van der Waals surface area contributed by atoms with Crippen LogP contribution < -0.4 is 20.5 Å². The molecule has 2 aromatic carbocycles. The normalized spacial score (nSPS) is 10.1. The summed E-state index contributed by atoms with van der Waals surface area (Å²) in [7, 11) is 1.41. The molecule has 0 aliphatic heterocycles. The third-order valence-corrected chi connectivity index (χ3v) is 3.29. The molecule has 0 bridgehead atoms. The Labute approximate surface area is 138 Å². The molecule has 3 N–H and O–H groups in total. The molecule has 24 heavy (non-hydrogen) atoms. The highest BCUT2D eigenvalue weighted by molar-refractivity contribution is 5.97. The van der Waals surface area contributed by atoms with Crippen LogP contribution in [-0.2, 0) is 4.79 Å². The second kappa shape index (κ2) is 7.45. The Kier molecular flexibility index (Phi) is 5.36. The summed E-state index contributed by atoms with van der Waals surface area (Å²) in [6, 6.07) is 8.70. The van der Waals surface area contributed by atoms with Crippen LogP contribution >= 0.6 is 0 Å². The molecular weight excluding hydrogens is 315 g/mol. The van der Waals surface area contributed by atoms with Gasteiger partial charge in [0.1, 0.15) is 5.82 Å². The Morgan fingerprint density at radius 3 is 2.67 bits per heavy atom. The number of ether oxygens (including phenoxy) is 2. The molecule has 0 unspecified atom stereocenters. The molecule has 0 saturated carbocycles. The number of nitrogens with two attached hydrogens (primary N) is 1. The summed E-state index contributed by atoms with van der Waals surface area (Å²) in [5.41, 5.74) is 6.44. The number of para-hydroxylation sites is 1. The number of aryl methyl sites for hydroxylation is 1. The van der Waals surface area contributed by atoms with E-state index in [0.717, 1.165) is 0 Å². The average Bonchev–Trinajstić information content (AvgIpc) is 2.55. The van der Waals surface area contributed by atoms with Gasteiger partial charge in [0, 0.05) is 5.69 Å². The first-order valence-electron chi connectivity index (χ1n) is 7.08. The fraction of sp³-hybridized carbons (Fsp3) is 0.176. The topological polar surface area (TPSA) is 90.7 Å². The highest BCUT2D eigenvalue weighted by Gasteiger charge is 2.16. The van der Waals surface area contributed by atoms with Gasteiger partial charge in [-0.2, -0.15) is 0 Å². The molecule has 0 aliphatic rings. The van der Waals surface area contributed by atoms with Gasteiger partial charge in [-0.15, -0.1) is 0 Å². The van der Waals surface area contributed by atoms with Gasteiger partial charge in [0.2, 0.25) is 0 Å². The van der Waals surface area contributed by atoms with Crippen LogP contribution in [0.4, 0.5) is 10.1 Å². The first-order valence-corrected chi connectivity index (χ1v) is 7.08. The number of amides is 2. The molecule has 0 heterocycles. The molecule has 0 atom stereocenters. The van der Waals surface area contributed by atoms with Crippen molar-refractivity contribution < 1.29 is 23.5 Å². The Morgan fingerprint density at radius 1 is 1.25 bits per heavy atom. The smallest absolute Gasteiger partial charge is 0.262 e. The summed E-state index contributed by atoms with van der Waals surface area (Å²) >= 11 is 0. The number of primary amides is 1. The third kappa shape index (κ3) is 4.01. The van der Waals surface area contributed by atoms with Crippen LogP contribution in [0.5, 0.6) is 11.5 Å². The molecule has 0 aliphatic carbocycles. The van der Waals surface area contributed by atoms with Gasteiger partial charge >= 0.3 is 0 Å². The van der Waals surface area contributed by atoms with E-state index in [9.17, 15) is 14.0 Å². The third-order valence-electron chi connectivity index (χ3n) is 3.29. The number of rotatable bonds is 6. The minimum absolute atomic E-state index is 0.0821. The van der Waals surface area contributed by atoms with Crippen LogP contribution in [0.25, 0.3) is 0 Å². The zero-order chi connectivity index (χ0) is 17.7. The zero-order valence-electron chi connectivity index (χ0n) is 13.3. The number of hydrogen-bond acceptors (Lipinski definition) is 4. The van der Waals surface area contributed by atoms with Crippen molar-refractivity contribution in [1.82, 2.24) is 0 Å². The van der Waals surface area contributed by atoms with Crippen molar-refractivity contribution in [2.75, 3.05) is 19.0 Å². The molecule has 7 heteroatoms. The fourth-order valence-electron chi connectivity index (χ4n) is 2.07. The molecule has 0 spiro atoms. The monoisotopic (exact) mass is 332 g/mol. The molecule has 2 amide bonds. The molecule has 2 rings (SSSR count). The lowest BCUT2D eigenvalue weighted by Crippen LogP contribution is -2.22. The van der Waals surface area contributed by atoms with Crippen molar-refractivity contribution in [3.63, 3.8) is 0 Å². The summed E-state index contributed by atoms with van der Waals surface area (Å²) in [6.07, 6.45) is 0. The maximum atomic E-state index is 13.2. The lowest BCUT2D eigenvalue weighted by molar-refractivity contribution is -0.118. The Morgan fingerprint density at radius 2 is 2.00 bits per heavy atom. The Bertz CT molecular complexity index is 777. The zero-order valence-corrected chi connectivity index (χ0v) is 13.3. The number of nitrogens with one attached hydrogen (secondary N) is 1. The predicted octanol–water partition coefficient (Wildman–Crippen LogP) is 2.26. The summed E-state index contributed by atoms with van der Waals surface area (Å²) in [5, 5.41) is 2.55. The number of hydrogen-bond donors (Lipinski definition) is 2. The molecule has 6 nitrogen and oxygen atoms in total. The lowest BCUT2D eigenvalue weighted by atomic mass is 10.2. The summed E-state index contributed by atoms with van der Waals surface area (Å²) in [5.74, 6) is -1.31. The van der Waals surface area contributed by atoms with E-state index in [0.29, 0.717) is 11.3 Å². The van der Waals surface area contributed by atoms with Crippen molar-refractivity contribution in [2.45, 2.75) is 6.92 Å². The second-order valence-electron chi connectivity index (χ2n) is 5.00. The first-order chi connectivity index (χ1) is 11.4. The van der Waals surface area contributed by atoms with Crippen molar-refractivity contribution >= 4 is 17.5 Å². The van der Waals surface area contributed by atoms with Crippen molar-refractivity contribution in [3.8, 4) is 11.5 Å².